The molecule has 0 aromatic carbocycles. The molecule has 5 nitrogen and oxygen atoms in total. The molecule has 0 saturated carbocycles. The topological polar surface area (TPSA) is 73.3 Å². The Morgan fingerprint density at radius 1 is 1.38 bits per heavy atom. The van der Waals surface area contributed by atoms with Gasteiger partial charge in [0.1, 0.15) is 10.9 Å². The fourth-order valence-electron chi connectivity index (χ4n) is 2.53. The summed E-state index contributed by atoms with van der Waals surface area (Å²) in [5.41, 5.74) is 0.764. The predicted octanol–water partition coefficient (Wildman–Crippen LogP) is 3.51. The quantitative estimate of drug-likeness (QED) is 0.448. The van der Waals surface area contributed by atoms with Crippen molar-refractivity contribution in [3.05, 3.63) is 51.0 Å². The molecule has 1 aliphatic rings. The van der Waals surface area contributed by atoms with Gasteiger partial charge >= 0.3 is 0 Å². The largest absolute Gasteiger partial charge is 0.497 e. The maximum absolute atomic E-state index is 12.9. The fourth-order valence-corrected chi connectivity index (χ4v) is 3.66. The molecule has 0 amide bonds. The SMILES string of the molecule is CCOC1=C(C)C(C(=O)c2c(Cl)ccnc2Cl)=CC(=S(=O)=O)C1C. The number of Topliss-reactive ketones (excluding diaryl/α,β-unsaturated/α-hetero) is 1. The number of nitrogens with zero attached hydrogens (tertiary/aromatic N) is 1. The summed E-state index contributed by atoms with van der Waals surface area (Å²) in [4.78, 5) is 16.8. The third-order valence-electron chi connectivity index (χ3n) is 3.70. The van der Waals surface area contributed by atoms with Crippen LogP contribution in [0.15, 0.2) is 35.2 Å². The van der Waals surface area contributed by atoms with Crippen molar-refractivity contribution in [2.45, 2.75) is 20.8 Å². The zero-order chi connectivity index (χ0) is 18.0. The van der Waals surface area contributed by atoms with Gasteiger partial charge in [0.25, 0.3) is 0 Å². The highest BCUT2D eigenvalue weighted by Gasteiger charge is 2.31. The van der Waals surface area contributed by atoms with Gasteiger partial charge in [-0.2, -0.15) is 8.42 Å². The molecule has 0 fully saturated rings. The van der Waals surface area contributed by atoms with Gasteiger partial charge in [0, 0.05) is 11.8 Å². The number of allylic oxidation sites excluding steroid dienone is 4. The summed E-state index contributed by atoms with van der Waals surface area (Å²) in [7, 11) is -2.48. The Hall–Kier alpha value is -1.63. The minimum absolute atomic E-state index is 0.0351. The van der Waals surface area contributed by atoms with Crippen LogP contribution in [0, 0.1) is 5.92 Å². The van der Waals surface area contributed by atoms with Crippen molar-refractivity contribution in [1.29, 1.82) is 0 Å². The normalized spacial score (nSPS) is 17.6. The van der Waals surface area contributed by atoms with Gasteiger partial charge in [-0.15, -0.1) is 0 Å². The zero-order valence-electron chi connectivity index (χ0n) is 13.3. The van der Waals surface area contributed by atoms with E-state index in [1.54, 1.807) is 20.8 Å². The molecule has 0 radical (unpaired) electrons. The molecule has 1 aliphatic carbocycles. The van der Waals surface area contributed by atoms with Gasteiger partial charge in [-0.25, -0.2) is 4.98 Å². The molecule has 1 aromatic heterocycles. The number of aromatic nitrogens is 1. The number of carbonyl (C=O) groups is 1. The molecule has 0 aliphatic heterocycles. The number of ketones is 1. The van der Waals surface area contributed by atoms with E-state index in [0.29, 0.717) is 17.9 Å². The van der Waals surface area contributed by atoms with Gasteiger partial charge in [0.15, 0.2) is 5.78 Å². The number of ether oxygens (including phenoxy) is 1. The van der Waals surface area contributed by atoms with Crippen molar-refractivity contribution in [1.82, 2.24) is 4.98 Å². The lowest BCUT2D eigenvalue weighted by atomic mass is 9.86. The first-order valence-corrected chi connectivity index (χ1v) is 8.99. The van der Waals surface area contributed by atoms with Crippen LogP contribution in [-0.2, 0) is 15.0 Å². The summed E-state index contributed by atoms with van der Waals surface area (Å²) in [5, 5.41) is 0.109. The zero-order valence-corrected chi connectivity index (χ0v) is 15.6. The standard InChI is InChI=1S/C16H15Cl2NO4S/c1-4-23-15-8(2)10(7-12(9(15)3)24(21)22)14(20)13-11(17)5-6-19-16(13)18/h5-7,9H,4H2,1-3H3. The van der Waals surface area contributed by atoms with Gasteiger partial charge in [-0.1, -0.05) is 30.1 Å². The number of hydrogen-bond donors (Lipinski definition) is 0. The first-order valence-electron chi connectivity index (χ1n) is 7.16. The Kier molecular flexibility index (Phi) is 5.85. The van der Waals surface area contributed by atoms with Crippen molar-refractivity contribution in [3.8, 4) is 0 Å². The molecule has 1 atom stereocenters. The Labute approximate surface area is 151 Å². The van der Waals surface area contributed by atoms with Crippen molar-refractivity contribution < 1.29 is 17.9 Å². The van der Waals surface area contributed by atoms with E-state index >= 15 is 0 Å². The van der Waals surface area contributed by atoms with E-state index in [2.05, 4.69) is 4.98 Å². The minimum Gasteiger partial charge on any atom is -0.497 e. The van der Waals surface area contributed by atoms with Crippen LogP contribution in [0.2, 0.25) is 10.2 Å². The monoisotopic (exact) mass is 387 g/mol. The van der Waals surface area contributed by atoms with Gasteiger partial charge in [0.05, 0.1) is 28.0 Å². The lowest BCUT2D eigenvalue weighted by Gasteiger charge is -2.24. The second-order valence-corrected chi connectivity index (χ2v) is 6.83. The maximum atomic E-state index is 12.9. The van der Waals surface area contributed by atoms with E-state index in [1.165, 1.54) is 18.3 Å². The molecular formula is C16H15Cl2NO4S. The van der Waals surface area contributed by atoms with E-state index in [1.807, 2.05) is 0 Å². The van der Waals surface area contributed by atoms with Crippen LogP contribution in [0.4, 0.5) is 0 Å². The smallest absolute Gasteiger partial charge is 0.218 e. The van der Waals surface area contributed by atoms with Crippen molar-refractivity contribution >= 4 is 44.1 Å². The van der Waals surface area contributed by atoms with E-state index < -0.39 is 22.0 Å². The van der Waals surface area contributed by atoms with Crippen LogP contribution >= 0.6 is 23.2 Å². The second kappa shape index (κ2) is 7.51. The van der Waals surface area contributed by atoms with E-state index in [-0.39, 0.29) is 26.2 Å². The first-order chi connectivity index (χ1) is 11.3. The number of carbonyl (C=O) groups excluding carboxylic acids is 1. The molecule has 0 spiro atoms. The van der Waals surface area contributed by atoms with Gasteiger partial charge in [-0.05, 0) is 31.6 Å². The molecule has 1 heterocycles. The Morgan fingerprint density at radius 3 is 2.58 bits per heavy atom. The highest BCUT2D eigenvalue weighted by molar-refractivity contribution is 7.73. The molecule has 1 unspecified atom stereocenters. The third-order valence-corrected chi connectivity index (χ3v) is 5.16. The van der Waals surface area contributed by atoms with Crippen LogP contribution in [0.25, 0.3) is 0 Å². The van der Waals surface area contributed by atoms with Crippen molar-refractivity contribution in [3.63, 3.8) is 0 Å². The van der Waals surface area contributed by atoms with E-state index in [9.17, 15) is 13.2 Å². The number of pyridine rings is 1. The number of rotatable bonds is 4. The molecule has 128 valence electrons. The van der Waals surface area contributed by atoms with Crippen LogP contribution in [0.1, 0.15) is 31.1 Å². The van der Waals surface area contributed by atoms with Crippen molar-refractivity contribution in [2.24, 2.45) is 5.92 Å². The summed E-state index contributed by atoms with van der Waals surface area (Å²) >= 11 is 12.1. The average molecular weight is 388 g/mol. The third kappa shape index (κ3) is 3.41. The van der Waals surface area contributed by atoms with Crippen LogP contribution in [0.5, 0.6) is 0 Å². The fraction of sp³-hybridized carbons (Fsp3) is 0.312. The predicted molar refractivity (Wildman–Crippen MR) is 94.1 cm³/mol. The average Bonchev–Trinajstić information content (AvgIpc) is 2.50. The van der Waals surface area contributed by atoms with Crippen LogP contribution in [-0.4, -0.2) is 30.7 Å². The van der Waals surface area contributed by atoms with Crippen LogP contribution < -0.4 is 0 Å². The molecule has 1 aromatic rings. The summed E-state index contributed by atoms with van der Waals surface area (Å²) in [6.45, 7) is 5.55. The van der Waals surface area contributed by atoms with Crippen LogP contribution in [0.3, 0.4) is 0 Å². The summed E-state index contributed by atoms with van der Waals surface area (Å²) in [5.74, 6) is -0.527. The summed E-state index contributed by atoms with van der Waals surface area (Å²) in [6, 6.07) is 1.45. The van der Waals surface area contributed by atoms with Crippen molar-refractivity contribution in [2.75, 3.05) is 6.61 Å². The van der Waals surface area contributed by atoms with E-state index in [0.717, 1.165) is 0 Å². The lowest BCUT2D eigenvalue weighted by Crippen LogP contribution is -2.24. The molecule has 2 rings (SSSR count). The Balaban J connectivity index is 2.69. The molecule has 24 heavy (non-hydrogen) atoms. The molecule has 8 heteroatoms. The van der Waals surface area contributed by atoms with E-state index in [4.69, 9.17) is 27.9 Å². The molecule has 0 N–H and O–H groups in total. The Bertz CT molecular complexity index is 872. The second-order valence-electron chi connectivity index (χ2n) is 5.13. The molecule has 0 saturated heterocycles. The van der Waals surface area contributed by atoms with Gasteiger partial charge in [-0.3, -0.25) is 4.79 Å². The maximum Gasteiger partial charge on any atom is 0.218 e. The minimum atomic E-state index is -2.48. The lowest BCUT2D eigenvalue weighted by molar-refractivity contribution is 0.103. The Morgan fingerprint density at radius 2 is 2.04 bits per heavy atom. The molecular weight excluding hydrogens is 373 g/mol. The van der Waals surface area contributed by atoms with Gasteiger partial charge < -0.3 is 4.74 Å². The number of hydrogen-bond acceptors (Lipinski definition) is 5. The summed E-state index contributed by atoms with van der Waals surface area (Å²) in [6.07, 6.45) is 2.73. The highest BCUT2D eigenvalue weighted by atomic mass is 35.5. The summed E-state index contributed by atoms with van der Waals surface area (Å²) < 4.78 is 28.6. The number of halogens is 2. The first kappa shape index (κ1) is 18.7. The highest BCUT2D eigenvalue weighted by Crippen LogP contribution is 2.33. The molecule has 0 bridgehead atoms. The van der Waals surface area contributed by atoms with Gasteiger partial charge in [0.2, 0.25) is 10.3 Å².